The molecule has 0 aromatic heterocycles. The van der Waals surface area contributed by atoms with Gasteiger partial charge in [-0.25, -0.2) is 0 Å². The molecule has 3 fully saturated rings. The minimum absolute atomic E-state index is 0.315. The molecule has 2 heterocycles. The summed E-state index contributed by atoms with van der Waals surface area (Å²) in [5.41, 5.74) is 6.67. The predicted molar refractivity (Wildman–Crippen MR) is 89.4 cm³/mol. The Hall–Kier alpha value is -0.120. The van der Waals surface area contributed by atoms with E-state index >= 15 is 0 Å². The van der Waals surface area contributed by atoms with Gasteiger partial charge < -0.3 is 5.73 Å². The Bertz CT molecular complexity index is 345. The number of fused-ring (bicyclic) bond motifs is 2. The van der Waals surface area contributed by atoms with Crippen LogP contribution in [-0.4, -0.2) is 54.1 Å². The van der Waals surface area contributed by atoms with Crippen LogP contribution in [0.15, 0.2) is 0 Å². The standard InChI is InChI=1S/C18H35N3/c1-3-15-5-4-10-18(14-19,11-8-15)21-12-9-16-6-7-17(13-21)20(16)2/h15-17H,3-14,19H2,1-2H3. The van der Waals surface area contributed by atoms with Crippen LogP contribution in [0.1, 0.15) is 64.7 Å². The van der Waals surface area contributed by atoms with Crippen LogP contribution < -0.4 is 5.73 Å². The van der Waals surface area contributed by atoms with Gasteiger partial charge in [-0.2, -0.15) is 0 Å². The van der Waals surface area contributed by atoms with Crippen molar-refractivity contribution in [1.82, 2.24) is 9.80 Å². The Labute approximate surface area is 131 Å². The highest BCUT2D eigenvalue weighted by molar-refractivity contribution is 5.00. The lowest BCUT2D eigenvalue weighted by Crippen LogP contribution is -2.56. The number of nitrogens with zero attached hydrogens (tertiary/aromatic N) is 2. The molecule has 4 atom stereocenters. The Morgan fingerprint density at radius 1 is 1.05 bits per heavy atom. The van der Waals surface area contributed by atoms with Gasteiger partial charge in [0.05, 0.1) is 0 Å². The van der Waals surface area contributed by atoms with Crippen LogP contribution >= 0.6 is 0 Å². The topological polar surface area (TPSA) is 32.5 Å². The van der Waals surface area contributed by atoms with Gasteiger partial charge in [-0.1, -0.05) is 26.2 Å². The molecule has 122 valence electrons. The molecule has 3 heteroatoms. The van der Waals surface area contributed by atoms with Crippen LogP contribution in [-0.2, 0) is 0 Å². The van der Waals surface area contributed by atoms with E-state index < -0.39 is 0 Å². The van der Waals surface area contributed by atoms with Crippen LogP contribution in [0, 0.1) is 5.92 Å². The van der Waals surface area contributed by atoms with E-state index in [0.717, 1.165) is 24.5 Å². The average molecular weight is 293 g/mol. The van der Waals surface area contributed by atoms with Gasteiger partial charge in [0.1, 0.15) is 0 Å². The first-order valence-electron chi connectivity index (χ1n) is 9.35. The maximum atomic E-state index is 6.35. The third-order valence-corrected chi connectivity index (χ3v) is 7.05. The lowest BCUT2D eigenvalue weighted by atomic mass is 9.86. The van der Waals surface area contributed by atoms with E-state index in [1.165, 1.54) is 70.9 Å². The summed E-state index contributed by atoms with van der Waals surface area (Å²) in [5.74, 6) is 0.949. The second-order valence-corrected chi connectivity index (χ2v) is 7.92. The Morgan fingerprint density at radius 3 is 2.62 bits per heavy atom. The second-order valence-electron chi connectivity index (χ2n) is 7.92. The minimum atomic E-state index is 0.315. The van der Waals surface area contributed by atoms with Crippen molar-refractivity contribution >= 4 is 0 Å². The SMILES string of the molecule is CCC1CCCC(CN)(N2CCC3CCC(C2)N3C)CC1. The summed E-state index contributed by atoms with van der Waals surface area (Å²) < 4.78 is 0. The summed E-state index contributed by atoms with van der Waals surface area (Å²) in [4.78, 5) is 5.49. The van der Waals surface area contributed by atoms with Gasteiger partial charge in [0.25, 0.3) is 0 Å². The zero-order valence-corrected chi connectivity index (χ0v) is 14.2. The first-order chi connectivity index (χ1) is 10.2. The smallest absolute Gasteiger partial charge is 0.0332 e. The van der Waals surface area contributed by atoms with E-state index in [-0.39, 0.29) is 0 Å². The van der Waals surface area contributed by atoms with Gasteiger partial charge in [0.15, 0.2) is 0 Å². The van der Waals surface area contributed by atoms with Crippen molar-refractivity contribution in [3.05, 3.63) is 0 Å². The van der Waals surface area contributed by atoms with Crippen molar-refractivity contribution in [2.24, 2.45) is 11.7 Å². The molecule has 2 saturated heterocycles. The molecule has 2 N–H and O–H groups in total. The van der Waals surface area contributed by atoms with Gasteiger partial charge in [0.2, 0.25) is 0 Å². The summed E-state index contributed by atoms with van der Waals surface area (Å²) in [6.45, 7) is 5.77. The summed E-state index contributed by atoms with van der Waals surface area (Å²) in [6.07, 6.45) is 12.4. The molecule has 3 aliphatic rings. The molecule has 1 saturated carbocycles. The largest absolute Gasteiger partial charge is 0.329 e. The predicted octanol–water partition coefficient (Wildman–Crippen LogP) is 2.84. The number of hydrogen-bond acceptors (Lipinski definition) is 3. The second kappa shape index (κ2) is 6.55. The minimum Gasteiger partial charge on any atom is -0.329 e. The molecular weight excluding hydrogens is 258 g/mol. The number of hydrogen-bond donors (Lipinski definition) is 1. The number of rotatable bonds is 3. The zero-order valence-electron chi connectivity index (χ0n) is 14.2. The van der Waals surface area contributed by atoms with Gasteiger partial charge in [-0.15, -0.1) is 0 Å². The first kappa shape index (κ1) is 15.8. The molecule has 0 aromatic rings. The monoisotopic (exact) mass is 293 g/mol. The summed E-state index contributed by atoms with van der Waals surface area (Å²) in [5, 5.41) is 0. The highest BCUT2D eigenvalue weighted by atomic mass is 15.3. The number of nitrogens with two attached hydrogens (primary N) is 1. The van der Waals surface area contributed by atoms with Crippen LogP contribution in [0.2, 0.25) is 0 Å². The van der Waals surface area contributed by atoms with Crippen LogP contribution in [0.25, 0.3) is 0 Å². The molecule has 1 aliphatic carbocycles. The van der Waals surface area contributed by atoms with Crippen molar-refractivity contribution in [2.45, 2.75) is 82.3 Å². The van der Waals surface area contributed by atoms with Crippen molar-refractivity contribution in [1.29, 1.82) is 0 Å². The summed E-state index contributed by atoms with van der Waals surface area (Å²) in [6, 6.07) is 1.62. The van der Waals surface area contributed by atoms with Crippen molar-refractivity contribution in [3.8, 4) is 0 Å². The van der Waals surface area contributed by atoms with E-state index in [2.05, 4.69) is 23.8 Å². The third-order valence-electron chi connectivity index (χ3n) is 7.05. The molecule has 4 unspecified atom stereocenters. The fourth-order valence-corrected chi connectivity index (χ4v) is 5.26. The third kappa shape index (κ3) is 3.02. The first-order valence-corrected chi connectivity index (χ1v) is 9.35. The van der Waals surface area contributed by atoms with Gasteiger partial charge >= 0.3 is 0 Å². The van der Waals surface area contributed by atoms with Crippen LogP contribution in [0.3, 0.4) is 0 Å². The Morgan fingerprint density at radius 2 is 1.86 bits per heavy atom. The van der Waals surface area contributed by atoms with Gasteiger partial charge in [-0.05, 0) is 51.5 Å². The highest BCUT2D eigenvalue weighted by Crippen LogP contribution is 2.38. The lowest BCUT2D eigenvalue weighted by Gasteiger charge is -2.44. The Kier molecular flexibility index (Phi) is 4.92. The van der Waals surface area contributed by atoms with Gasteiger partial charge in [-0.3, -0.25) is 9.80 Å². The van der Waals surface area contributed by atoms with Crippen molar-refractivity contribution in [2.75, 3.05) is 26.7 Å². The fraction of sp³-hybridized carbons (Fsp3) is 1.00. The molecule has 3 rings (SSSR count). The molecule has 0 spiro atoms. The number of likely N-dealkylation sites (N-methyl/N-ethyl adjacent to an activating group) is 1. The lowest BCUT2D eigenvalue weighted by molar-refractivity contribution is 0.0670. The fourth-order valence-electron chi connectivity index (χ4n) is 5.26. The van der Waals surface area contributed by atoms with E-state index in [0.29, 0.717) is 5.54 Å². The quantitative estimate of drug-likeness (QED) is 0.812. The van der Waals surface area contributed by atoms with Crippen molar-refractivity contribution < 1.29 is 0 Å². The van der Waals surface area contributed by atoms with Crippen molar-refractivity contribution in [3.63, 3.8) is 0 Å². The molecular formula is C18H35N3. The molecule has 3 nitrogen and oxygen atoms in total. The molecule has 0 aromatic carbocycles. The maximum absolute atomic E-state index is 6.35. The molecule has 2 bridgehead atoms. The van der Waals surface area contributed by atoms with E-state index in [9.17, 15) is 0 Å². The zero-order chi connectivity index (χ0) is 14.9. The van der Waals surface area contributed by atoms with E-state index in [1.54, 1.807) is 0 Å². The molecule has 0 amide bonds. The molecule has 0 radical (unpaired) electrons. The molecule has 21 heavy (non-hydrogen) atoms. The molecule has 2 aliphatic heterocycles. The maximum Gasteiger partial charge on any atom is 0.0332 e. The number of likely N-dealkylation sites (tertiary alicyclic amines) is 1. The van der Waals surface area contributed by atoms with Gasteiger partial charge in [0, 0.05) is 37.3 Å². The van der Waals surface area contributed by atoms with Crippen LogP contribution in [0.4, 0.5) is 0 Å². The summed E-state index contributed by atoms with van der Waals surface area (Å²) in [7, 11) is 2.35. The normalized spacial score (nSPS) is 42.7. The van der Waals surface area contributed by atoms with Crippen LogP contribution in [0.5, 0.6) is 0 Å². The summed E-state index contributed by atoms with van der Waals surface area (Å²) >= 11 is 0. The highest BCUT2D eigenvalue weighted by Gasteiger charge is 2.42. The van der Waals surface area contributed by atoms with E-state index in [4.69, 9.17) is 5.73 Å². The van der Waals surface area contributed by atoms with E-state index in [1.807, 2.05) is 0 Å². The Balaban J connectivity index is 1.73. The average Bonchev–Trinajstić information content (AvgIpc) is 2.67.